The van der Waals surface area contributed by atoms with Gasteiger partial charge in [-0.3, -0.25) is 0 Å². The zero-order chi connectivity index (χ0) is 14.5. The van der Waals surface area contributed by atoms with Gasteiger partial charge in [0.2, 0.25) is 4.96 Å². The molecule has 0 aliphatic heterocycles. The molecule has 0 saturated heterocycles. The molecule has 110 valence electrons. The predicted molar refractivity (Wildman–Crippen MR) is 80.9 cm³/mol. The van der Waals surface area contributed by atoms with Crippen LogP contribution in [-0.2, 0) is 11.0 Å². The Morgan fingerprint density at radius 1 is 1.35 bits per heavy atom. The van der Waals surface area contributed by atoms with Gasteiger partial charge in [0.1, 0.15) is 5.01 Å². The average Bonchev–Trinajstić information content (AvgIpc) is 2.85. The lowest BCUT2D eigenvalue weighted by atomic mass is 9.77. The van der Waals surface area contributed by atoms with E-state index < -0.39 is 0 Å². The van der Waals surface area contributed by atoms with Gasteiger partial charge < -0.3 is 5.73 Å². The van der Waals surface area contributed by atoms with E-state index >= 15 is 0 Å². The van der Waals surface area contributed by atoms with Crippen molar-refractivity contribution in [1.29, 1.82) is 0 Å². The summed E-state index contributed by atoms with van der Waals surface area (Å²) in [6.45, 7) is 8.66. The Bertz CT molecular complexity index is 623. The van der Waals surface area contributed by atoms with Gasteiger partial charge >= 0.3 is 0 Å². The van der Waals surface area contributed by atoms with E-state index in [0.29, 0.717) is 5.92 Å². The molecule has 0 amide bonds. The molecule has 2 N–H and O–H groups in total. The summed E-state index contributed by atoms with van der Waals surface area (Å²) in [5.74, 6) is 1.58. The second-order valence-electron chi connectivity index (χ2n) is 7.23. The molecule has 0 aromatic carbocycles. The minimum absolute atomic E-state index is 0.0631. The number of hydrogen-bond acceptors (Lipinski definition) is 5. The van der Waals surface area contributed by atoms with Crippen molar-refractivity contribution in [2.45, 2.75) is 64.3 Å². The third-order valence-electron chi connectivity index (χ3n) is 4.12. The number of rotatable bonds is 1. The van der Waals surface area contributed by atoms with Crippen molar-refractivity contribution < 1.29 is 0 Å². The van der Waals surface area contributed by atoms with Crippen molar-refractivity contribution in [2.75, 3.05) is 0 Å². The number of nitrogens with two attached hydrogens (primary N) is 1. The van der Waals surface area contributed by atoms with Crippen molar-refractivity contribution >= 4 is 16.3 Å². The summed E-state index contributed by atoms with van der Waals surface area (Å²) in [4.78, 5) is 0.855. The maximum absolute atomic E-state index is 6.64. The van der Waals surface area contributed by atoms with Crippen LogP contribution in [0.1, 0.15) is 64.2 Å². The largest absolute Gasteiger partial charge is 0.319 e. The van der Waals surface area contributed by atoms with Crippen LogP contribution in [0, 0.1) is 5.92 Å². The summed E-state index contributed by atoms with van der Waals surface area (Å²) in [6.07, 6.45) is 4.49. The minimum Gasteiger partial charge on any atom is -0.319 e. The van der Waals surface area contributed by atoms with Gasteiger partial charge in [-0.2, -0.15) is 9.61 Å². The van der Waals surface area contributed by atoms with E-state index in [9.17, 15) is 0 Å². The van der Waals surface area contributed by atoms with Crippen LogP contribution in [0.5, 0.6) is 0 Å². The average molecular weight is 293 g/mol. The Morgan fingerprint density at radius 3 is 2.75 bits per heavy atom. The Labute approximate surface area is 123 Å². The van der Waals surface area contributed by atoms with E-state index in [2.05, 4.69) is 37.9 Å². The highest BCUT2D eigenvalue weighted by Gasteiger charge is 2.37. The second kappa shape index (κ2) is 4.49. The van der Waals surface area contributed by atoms with Crippen molar-refractivity contribution in [1.82, 2.24) is 19.8 Å². The van der Waals surface area contributed by atoms with Crippen LogP contribution < -0.4 is 5.73 Å². The quantitative estimate of drug-likeness (QED) is 0.877. The van der Waals surface area contributed by atoms with Crippen molar-refractivity contribution in [3.05, 3.63) is 10.8 Å². The Hall–Kier alpha value is -1.01. The van der Waals surface area contributed by atoms with Crippen LogP contribution in [-0.4, -0.2) is 19.8 Å². The molecule has 1 aliphatic rings. The lowest BCUT2D eigenvalue weighted by Gasteiger charge is -2.34. The highest BCUT2D eigenvalue weighted by molar-refractivity contribution is 7.16. The maximum atomic E-state index is 6.64. The van der Waals surface area contributed by atoms with Crippen molar-refractivity contribution in [2.24, 2.45) is 11.7 Å². The molecular weight excluding hydrogens is 270 g/mol. The molecule has 2 atom stereocenters. The SMILES string of the molecule is CC1CCCC(N)(c2nn3c(C(C)(C)C)nnc3s2)C1. The normalized spacial score (nSPS) is 28.1. The van der Waals surface area contributed by atoms with Crippen LogP contribution in [0.15, 0.2) is 0 Å². The maximum Gasteiger partial charge on any atom is 0.234 e. The molecule has 1 fully saturated rings. The fraction of sp³-hybridized carbons (Fsp3) is 0.786. The molecule has 2 unspecified atom stereocenters. The first kappa shape index (κ1) is 13.9. The second-order valence-corrected chi connectivity index (χ2v) is 8.19. The summed E-state index contributed by atoms with van der Waals surface area (Å²) in [5.41, 5.74) is 6.30. The van der Waals surface area contributed by atoms with E-state index in [1.165, 1.54) is 12.8 Å². The zero-order valence-corrected chi connectivity index (χ0v) is 13.5. The van der Waals surface area contributed by atoms with Gasteiger partial charge in [0.05, 0.1) is 5.54 Å². The van der Waals surface area contributed by atoms with E-state index in [-0.39, 0.29) is 11.0 Å². The molecule has 1 saturated carbocycles. The number of hydrogen-bond donors (Lipinski definition) is 1. The van der Waals surface area contributed by atoms with E-state index in [4.69, 9.17) is 10.8 Å². The molecule has 2 heterocycles. The van der Waals surface area contributed by atoms with Gasteiger partial charge in [0, 0.05) is 5.41 Å². The summed E-state index contributed by atoms with van der Waals surface area (Å²) in [6, 6.07) is 0. The highest BCUT2D eigenvalue weighted by atomic mass is 32.1. The molecule has 5 nitrogen and oxygen atoms in total. The predicted octanol–water partition coefficient (Wildman–Crippen LogP) is 2.85. The minimum atomic E-state index is -0.280. The van der Waals surface area contributed by atoms with E-state index in [0.717, 1.165) is 28.6 Å². The highest BCUT2D eigenvalue weighted by Crippen LogP contribution is 2.39. The number of fused-ring (bicyclic) bond motifs is 1. The molecule has 1 aliphatic carbocycles. The van der Waals surface area contributed by atoms with Crippen LogP contribution in [0.25, 0.3) is 4.96 Å². The zero-order valence-electron chi connectivity index (χ0n) is 12.7. The monoisotopic (exact) mass is 293 g/mol. The lowest BCUT2D eigenvalue weighted by Crippen LogP contribution is -2.41. The van der Waals surface area contributed by atoms with Crippen LogP contribution in [0.4, 0.5) is 0 Å². The summed E-state index contributed by atoms with van der Waals surface area (Å²) >= 11 is 1.59. The third-order valence-corrected chi connectivity index (χ3v) is 5.24. The first-order valence-corrected chi connectivity index (χ1v) is 8.13. The third kappa shape index (κ3) is 2.24. The lowest BCUT2D eigenvalue weighted by molar-refractivity contribution is 0.237. The molecular formula is C14H23N5S. The molecule has 0 radical (unpaired) electrons. The first-order chi connectivity index (χ1) is 9.29. The summed E-state index contributed by atoms with van der Waals surface area (Å²) in [5, 5.41) is 14.3. The smallest absolute Gasteiger partial charge is 0.234 e. The van der Waals surface area contributed by atoms with Gasteiger partial charge in [-0.1, -0.05) is 51.9 Å². The van der Waals surface area contributed by atoms with Gasteiger partial charge in [-0.15, -0.1) is 10.2 Å². The standard InChI is InChI=1S/C14H23N5S/c1-9-6-5-7-14(15,8-9)11-18-19-10(13(2,3)4)16-17-12(19)20-11/h9H,5-8,15H2,1-4H3. The van der Waals surface area contributed by atoms with E-state index in [1.807, 2.05) is 4.52 Å². The van der Waals surface area contributed by atoms with E-state index in [1.54, 1.807) is 11.3 Å². The van der Waals surface area contributed by atoms with Gasteiger partial charge in [0.25, 0.3) is 0 Å². The van der Waals surface area contributed by atoms with Crippen molar-refractivity contribution in [3.8, 4) is 0 Å². The summed E-state index contributed by atoms with van der Waals surface area (Å²) in [7, 11) is 0. The molecule has 20 heavy (non-hydrogen) atoms. The first-order valence-electron chi connectivity index (χ1n) is 7.32. The van der Waals surface area contributed by atoms with Gasteiger partial charge in [-0.25, -0.2) is 0 Å². The van der Waals surface area contributed by atoms with Crippen LogP contribution >= 0.6 is 11.3 Å². The summed E-state index contributed by atoms with van der Waals surface area (Å²) < 4.78 is 1.88. The fourth-order valence-corrected chi connectivity index (χ4v) is 4.05. The molecule has 2 aromatic rings. The molecule has 0 spiro atoms. The molecule has 6 heteroatoms. The Kier molecular flexibility index (Phi) is 3.14. The molecule has 2 aromatic heterocycles. The van der Waals surface area contributed by atoms with Gasteiger partial charge in [-0.05, 0) is 18.8 Å². The molecule has 0 bridgehead atoms. The number of aromatic nitrogens is 4. The fourth-order valence-electron chi connectivity index (χ4n) is 3.07. The van der Waals surface area contributed by atoms with Crippen LogP contribution in [0.3, 0.4) is 0 Å². The Morgan fingerprint density at radius 2 is 2.10 bits per heavy atom. The topological polar surface area (TPSA) is 69.1 Å². The molecule has 3 rings (SSSR count). The number of nitrogens with zero attached hydrogens (tertiary/aromatic N) is 4. The van der Waals surface area contributed by atoms with Crippen LogP contribution in [0.2, 0.25) is 0 Å². The Balaban J connectivity index is 2.03. The van der Waals surface area contributed by atoms with Crippen molar-refractivity contribution in [3.63, 3.8) is 0 Å². The van der Waals surface area contributed by atoms with Gasteiger partial charge in [0.15, 0.2) is 5.82 Å².